The molecule has 1 saturated heterocycles. The van der Waals surface area contributed by atoms with E-state index in [1.54, 1.807) is 36.4 Å². The fourth-order valence-electron chi connectivity index (χ4n) is 2.98. The van der Waals surface area contributed by atoms with Gasteiger partial charge in [0, 0.05) is 17.5 Å². The Hall–Kier alpha value is -2.88. The number of aromatic nitrogens is 2. The van der Waals surface area contributed by atoms with E-state index >= 15 is 0 Å². The van der Waals surface area contributed by atoms with Gasteiger partial charge in [0.15, 0.2) is 11.9 Å². The number of hydrogen-bond acceptors (Lipinski definition) is 4. The van der Waals surface area contributed by atoms with Gasteiger partial charge in [-0.05, 0) is 30.3 Å². The molecule has 1 aromatic heterocycles. The summed E-state index contributed by atoms with van der Waals surface area (Å²) in [5.74, 6) is -0.382. The van der Waals surface area contributed by atoms with Gasteiger partial charge in [0.25, 0.3) is 5.91 Å². The highest BCUT2D eigenvalue weighted by molar-refractivity contribution is 6.32. The first-order chi connectivity index (χ1) is 14.3. The van der Waals surface area contributed by atoms with E-state index < -0.39 is 18.1 Å². The second-order valence-electron chi connectivity index (χ2n) is 6.52. The summed E-state index contributed by atoms with van der Waals surface area (Å²) in [5.41, 5.74) is 0.224. The number of nitrogens with one attached hydrogen (secondary N) is 1. The molecule has 1 unspecified atom stereocenters. The molecule has 4 rings (SSSR count). The molecule has 0 bridgehead atoms. The molecular formula is C20H15ClF3N3O3. The van der Waals surface area contributed by atoms with Crippen molar-refractivity contribution in [3.8, 4) is 16.9 Å². The zero-order valence-electron chi connectivity index (χ0n) is 15.3. The van der Waals surface area contributed by atoms with Crippen LogP contribution in [0.25, 0.3) is 16.9 Å². The van der Waals surface area contributed by atoms with Gasteiger partial charge in [0.05, 0.1) is 23.0 Å². The summed E-state index contributed by atoms with van der Waals surface area (Å²) in [7, 11) is 0. The van der Waals surface area contributed by atoms with Crippen molar-refractivity contribution in [2.24, 2.45) is 0 Å². The van der Waals surface area contributed by atoms with Crippen LogP contribution in [0.4, 0.5) is 13.2 Å². The number of benzene rings is 2. The Morgan fingerprint density at radius 2 is 1.90 bits per heavy atom. The van der Waals surface area contributed by atoms with E-state index in [2.05, 4.69) is 10.4 Å². The summed E-state index contributed by atoms with van der Waals surface area (Å²) in [5, 5.41) is 6.62. The summed E-state index contributed by atoms with van der Waals surface area (Å²) in [6, 6.07) is 13.5. The third kappa shape index (κ3) is 4.18. The monoisotopic (exact) mass is 437 g/mol. The van der Waals surface area contributed by atoms with Gasteiger partial charge in [-0.15, -0.1) is 0 Å². The van der Waals surface area contributed by atoms with Gasteiger partial charge in [-0.1, -0.05) is 35.9 Å². The number of hydrogen-bond donors (Lipinski definition) is 1. The van der Waals surface area contributed by atoms with Gasteiger partial charge in [0.2, 0.25) is 0 Å². The number of rotatable bonds is 4. The predicted octanol–water partition coefficient (Wildman–Crippen LogP) is 4.62. The van der Waals surface area contributed by atoms with Gasteiger partial charge < -0.3 is 5.32 Å². The summed E-state index contributed by atoms with van der Waals surface area (Å²) in [6.45, 7) is 0.386. The van der Waals surface area contributed by atoms with E-state index in [0.29, 0.717) is 29.8 Å². The average Bonchev–Trinajstić information content (AvgIpc) is 3.38. The van der Waals surface area contributed by atoms with Crippen LogP contribution in [0.3, 0.4) is 0 Å². The Labute approximate surface area is 174 Å². The SMILES string of the molecule is O=C(NC1CCOO1)c1ccc(-c2cc(C(F)(F)F)nn2-c2ccccc2Cl)cc1. The van der Waals surface area contributed by atoms with Crippen molar-refractivity contribution in [2.45, 2.75) is 18.8 Å². The largest absolute Gasteiger partial charge is 0.435 e. The summed E-state index contributed by atoms with van der Waals surface area (Å²) in [6.07, 6.45) is -4.63. The second kappa shape index (κ2) is 8.10. The molecular weight excluding hydrogens is 423 g/mol. The highest BCUT2D eigenvalue weighted by Crippen LogP contribution is 2.34. The number of halogens is 4. The Balaban J connectivity index is 1.68. The van der Waals surface area contributed by atoms with Gasteiger partial charge in [-0.25, -0.2) is 14.5 Å². The van der Waals surface area contributed by atoms with Crippen LogP contribution in [0.5, 0.6) is 0 Å². The standard InChI is InChI=1S/C20H15ClF3N3O3/c21-14-3-1-2-4-15(14)27-16(11-17(26-27)20(22,23)24)12-5-7-13(8-6-12)19(28)25-18-9-10-29-30-18/h1-8,11,18H,9-10H2,(H,25,28). The first-order valence-electron chi connectivity index (χ1n) is 8.94. The second-order valence-corrected chi connectivity index (χ2v) is 6.93. The van der Waals surface area contributed by atoms with E-state index in [4.69, 9.17) is 21.4 Å². The zero-order valence-corrected chi connectivity index (χ0v) is 16.1. The fourth-order valence-corrected chi connectivity index (χ4v) is 3.20. The number of carbonyl (C=O) groups is 1. The zero-order chi connectivity index (χ0) is 21.3. The lowest BCUT2D eigenvalue weighted by molar-refractivity contribution is -0.277. The van der Waals surface area contributed by atoms with E-state index in [0.717, 1.165) is 10.7 Å². The van der Waals surface area contributed by atoms with Crippen LogP contribution in [-0.4, -0.2) is 28.5 Å². The molecule has 3 aromatic rings. The van der Waals surface area contributed by atoms with Crippen LogP contribution in [-0.2, 0) is 16.0 Å². The maximum Gasteiger partial charge on any atom is 0.435 e. The van der Waals surface area contributed by atoms with Crippen LogP contribution in [0.2, 0.25) is 5.02 Å². The highest BCUT2D eigenvalue weighted by Gasteiger charge is 2.35. The van der Waals surface area contributed by atoms with Crippen molar-refractivity contribution in [3.63, 3.8) is 0 Å². The Morgan fingerprint density at radius 1 is 1.17 bits per heavy atom. The predicted molar refractivity (Wildman–Crippen MR) is 102 cm³/mol. The molecule has 1 amide bonds. The van der Waals surface area contributed by atoms with Crippen molar-refractivity contribution < 1.29 is 27.7 Å². The van der Waals surface area contributed by atoms with E-state index in [9.17, 15) is 18.0 Å². The van der Waals surface area contributed by atoms with Gasteiger partial charge >= 0.3 is 6.18 Å². The first-order valence-corrected chi connectivity index (χ1v) is 9.32. The number of nitrogens with zero attached hydrogens (tertiary/aromatic N) is 2. The average molecular weight is 438 g/mol. The van der Waals surface area contributed by atoms with Gasteiger partial charge in [-0.2, -0.15) is 18.3 Å². The van der Waals surface area contributed by atoms with Crippen LogP contribution in [0.15, 0.2) is 54.6 Å². The minimum absolute atomic E-state index is 0.190. The quantitative estimate of drug-likeness (QED) is 0.605. The van der Waals surface area contributed by atoms with Crippen LogP contribution >= 0.6 is 11.6 Å². The minimum Gasteiger partial charge on any atom is -0.324 e. The molecule has 0 saturated carbocycles. The number of carbonyl (C=O) groups excluding carboxylic acids is 1. The van der Waals surface area contributed by atoms with E-state index in [-0.39, 0.29) is 16.6 Å². The van der Waals surface area contributed by atoms with Crippen molar-refractivity contribution in [1.82, 2.24) is 15.1 Å². The van der Waals surface area contributed by atoms with Crippen LogP contribution < -0.4 is 5.32 Å². The van der Waals surface area contributed by atoms with Crippen molar-refractivity contribution in [3.05, 3.63) is 70.9 Å². The van der Waals surface area contributed by atoms with Crippen LogP contribution in [0, 0.1) is 0 Å². The molecule has 2 aromatic carbocycles. The molecule has 10 heteroatoms. The van der Waals surface area contributed by atoms with E-state index in [1.165, 1.54) is 12.1 Å². The number of amides is 1. The normalized spacial score (nSPS) is 16.6. The molecule has 1 aliphatic heterocycles. The lowest BCUT2D eigenvalue weighted by Crippen LogP contribution is -2.33. The third-order valence-electron chi connectivity index (χ3n) is 4.46. The fraction of sp³-hybridized carbons (Fsp3) is 0.200. The first kappa shape index (κ1) is 20.4. The molecule has 0 radical (unpaired) electrons. The molecule has 1 N–H and O–H groups in total. The Kier molecular flexibility index (Phi) is 5.50. The highest BCUT2D eigenvalue weighted by atomic mass is 35.5. The summed E-state index contributed by atoms with van der Waals surface area (Å²) < 4.78 is 41.0. The molecule has 2 heterocycles. The lowest BCUT2D eigenvalue weighted by atomic mass is 10.1. The molecule has 6 nitrogen and oxygen atoms in total. The van der Waals surface area contributed by atoms with Crippen molar-refractivity contribution >= 4 is 17.5 Å². The van der Waals surface area contributed by atoms with Crippen LogP contribution in [0.1, 0.15) is 22.5 Å². The molecule has 1 fully saturated rings. The number of alkyl halides is 3. The molecule has 1 aliphatic rings. The molecule has 0 aliphatic carbocycles. The maximum absolute atomic E-state index is 13.3. The van der Waals surface area contributed by atoms with Crippen molar-refractivity contribution in [1.29, 1.82) is 0 Å². The number of para-hydroxylation sites is 1. The molecule has 1 atom stereocenters. The van der Waals surface area contributed by atoms with Gasteiger partial charge in [0.1, 0.15) is 0 Å². The Morgan fingerprint density at radius 3 is 2.53 bits per heavy atom. The lowest BCUT2D eigenvalue weighted by Gasteiger charge is -2.11. The summed E-state index contributed by atoms with van der Waals surface area (Å²) in [4.78, 5) is 21.9. The summed E-state index contributed by atoms with van der Waals surface area (Å²) >= 11 is 6.17. The molecule has 0 spiro atoms. The van der Waals surface area contributed by atoms with Gasteiger partial charge in [-0.3, -0.25) is 4.79 Å². The Bertz CT molecular complexity index is 1060. The van der Waals surface area contributed by atoms with Crippen molar-refractivity contribution in [2.75, 3.05) is 6.61 Å². The third-order valence-corrected chi connectivity index (χ3v) is 4.78. The van der Waals surface area contributed by atoms with E-state index in [1.807, 2.05) is 0 Å². The maximum atomic E-state index is 13.3. The smallest absolute Gasteiger partial charge is 0.324 e. The topological polar surface area (TPSA) is 65.4 Å². The minimum atomic E-state index is -4.62. The molecule has 30 heavy (non-hydrogen) atoms. The molecule has 156 valence electrons.